The van der Waals surface area contributed by atoms with Crippen molar-refractivity contribution in [2.45, 2.75) is 50.7 Å². The summed E-state index contributed by atoms with van der Waals surface area (Å²) in [6.07, 6.45) is 0. The van der Waals surface area contributed by atoms with Crippen molar-refractivity contribution in [2.24, 2.45) is 0 Å². The van der Waals surface area contributed by atoms with Crippen molar-refractivity contribution in [2.75, 3.05) is 25.1 Å². The van der Waals surface area contributed by atoms with E-state index in [1.165, 1.54) is 24.1 Å². The van der Waals surface area contributed by atoms with Gasteiger partial charge in [-0.25, -0.2) is 8.42 Å². The van der Waals surface area contributed by atoms with Crippen LogP contribution in [-0.2, 0) is 26.2 Å². The number of benzene rings is 3. The van der Waals surface area contributed by atoms with E-state index in [0.717, 1.165) is 9.87 Å². The summed E-state index contributed by atoms with van der Waals surface area (Å²) in [4.78, 5) is 28.5. The van der Waals surface area contributed by atoms with E-state index in [0.29, 0.717) is 17.2 Å². The average molecular weight is 568 g/mol. The molecule has 0 heterocycles. The smallest absolute Gasteiger partial charge is 0.264 e. The number of hydrogen-bond donors (Lipinski definition) is 1. The Bertz CT molecular complexity index is 1400. The Morgan fingerprint density at radius 2 is 1.50 bits per heavy atom. The minimum absolute atomic E-state index is 0.00261. The Kier molecular flexibility index (Phi) is 9.81. The van der Waals surface area contributed by atoms with E-state index >= 15 is 0 Å². The van der Waals surface area contributed by atoms with Gasteiger partial charge in [-0.3, -0.25) is 13.9 Å². The SMILES string of the molecule is COc1ccc(S(=O)(=O)N(CC(=O)N(Cc2cccc(OC)c2)[C@H](C)C(=O)NC(C)(C)C)c2ccccc2)cc1. The van der Waals surface area contributed by atoms with E-state index < -0.39 is 34.1 Å². The lowest BCUT2D eigenvalue weighted by Crippen LogP contribution is -2.54. The molecular formula is C30H37N3O6S. The monoisotopic (exact) mass is 567 g/mol. The molecule has 214 valence electrons. The third-order valence-corrected chi connectivity index (χ3v) is 7.91. The fourth-order valence-corrected chi connectivity index (χ4v) is 5.44. The topological polar surface area (TPSA) is 105 Å². The number of carbonyl (C=O) groups is 2. The van der Waals surface area contributed by atoms with Gasteiger partial charge in [-0.1, -0.05) is 30.3 Å². The number of para-hydroxylation sites is 1. The quantitative estimate of drug-likeness (QED) is 0.372. The predicted octanol–water partition coefficient (Wildman–Crippen LogP) is 4.23. The van der Waals surface area contributed by atoms with Crippen LogP contribution in [0.15, 0.2) is 83.8 Å². The highest BCUT2D eigenvalue weighted by Crippen LogP contribution is 2.26. The van der Waals surface area contributed by atoms with E-state index in [1.54, 1.807) is 74.7 Å². The Hall–Kier alpha value is -4.05. The maximum absolute atomic E-state index is 14.0. The van der Waals surface area contributed by atoms with Crippen molar-refractivity contribution >= 4 is 27.5 Å². The molecule has 0 aliphatic heterocycles. The van der Waals surface area contributed by atoms with Crippen molar-refractivity contribution < 1.29 is 27.5 Å². The molecule has 0 spiro atoms. The summed E-state index contributed by atoms with van der Waals surface area (Å²) >= 11 is 0. The second kappa shape index (κ2) is 12.9. The zero-order valence-electron chi connectivity index (χ0n) is 23.7. The van der Waals surface area contributed by atoms with Gasteiger partial charge in [-0.2, -0.15) is 0 Å². The van der Waals surface area contributed by atoms with Crippen molar-refractivity contribution in [3.05, 3.63) is 84.4 Å². The summed E-state index contributed by atoms with van der Waals surface area (Å²) in [5.74, 6) is 0.211. The molecule has 0 aliphatic carbocycles. The van der Waals surface area contributed by atoms with Crippen LogP contribution in [0.3, 0.4) is 0 Å². The highest BCUT2D eigenvalue weighted by molar-refractivity contribution is 7.92. The Labute approximate surface area is 236 Å². The number of hydrogen-bond acceptors (Lipinski definition) is 6. The normalized spacial score (nSPS) is 12.2. The van der Waals surface area contributed by atoms with Gasteiger partial charge in [0.05, 0.1) is 24.8 Å². The van der Waals surface area contributed by atoms with Gasteiger partial charge in [0.25, 0.3) is 10.0 Å². The molecule has 0 aromatic heterocycles. The Morgan fingerprint density at radius 1 is 0.875 bits per heavy atom. The number of ether oxygens (including phenoxy) is 2. The molecule has 3 rings (SSSR count). The number of sulfonamides is 1. The van der Waals surface area contributed by atoms with Gasteiger partial charge in [0.15, 0.2) is 0 Å². The summed E-state index contributed by atoms with van der Waals surface area (Å²) < 4.78 is 39.2. The van der Waals surface area contributed by atoms with Crippen molar-refractivity contribution in [3.63, 3.8) is 0 Å². The van der Waals surface area contributed by atoms with Gasteiger partial charge in [0.2, 0.25) is 11.8 Å². The van der Waals surface area contributed by atoms with Crippen LogP contribution in [0.1, 0.15) is 33.3 Å². The molecule has 2 amide bonds. The van der Waals surface area contributed by atoms with Crippen LogP contribution in [0.4, 0.5) is 5.69 Å². The molecule has 1 atom stereocenters. The van der Waals surface area contributed by atoms with E-state index in [-0.39, 0.29) is 17.3 Å². The van der Waals surface area contributed by atoms with Crippen LogP contribution >= 0.6 is 0 Å². The first kappa shape index (κ1) is 30.5. The van der Waals surface area contributed by atoms with Crippen LogP contribution in [0.25, 0.3) is 0 Å². The molecule has 0 unspecified atom stereocenters. The summed E-state index contributed by atoms with van der Waals surface area (Å²) in [6.45, 7) is 6.73. The first-order valence-corrected chi connectivity index (χ1v) is 14.3. The molecule has 0 bridgehead atoms. The fraction of sp³-hybridized carbons (Fsp3) is 0.333. The number of nitrogens with one attached hydrogen (secondary N) is 1. The molecule has 9 nitrogen and oxygen atoms in total. The molecule has 0 saturated carbocycles. The molecule has 3 aromatic carbocycles. The zero-order valence-corrected chi connectivity index (χ0v) is 24.6. The van der Waals surface area contributed by atoms with Gasteiger partial charge in [-0.05, 0) is 81.8 Å². The van der Waals surface area contributed by atoms with Crippen molar-refractivity contribution in [1.82, 2.24) is 10.2 Å². The molecular weight excluding hydrogens is 530 g/mol. The van der Waals surface area contributed by atoms with Crippen molar-refractivity contribution in [1.29, 1.82) is 0 Å². The van der Waals surface area contributed by atoms with Crippen LogP contribution in [0.2, 0.25) is 0 Å². The summed E-state index contributed by atoms with van der Waals surface area (Å²) in [7, 11) is -1.12. The molecule has 40 heavy (non-hydrogen) atoms. The van der Waals surface area contributed by atoms with E-state index in [2.05, 4.69) is 5.32 Å². The van der Waals surface area contributed by atoms with Gasteiger partial charge in [0.1, 0.15) is 24.1 Å². The Balaban J connectivity index is 2.02. The van der Waals surface area contributed by atoms with Crippen LogP contribution in [-0.4, -0.2) is 57.5 Å². The minimum Gasteiger partial charge on any atom is -0.497 e. The van der Waals surface area contributed by atoms with E-state index in [1.807, 2.05) is 26.8 Å². The Morgan fingerprint density at radius 3 is 2.08 bits per heavy atom. The lowest BCUT2D eigenvalue weighted by Gasteiger charge is -2.33. The molecule has 0 saturated heterocycles. The first-order valence-electron chi connectivity index (χ1n) is 12.8. The number of amides is 2. The lowest BCUT2D eigenvalue weighted by atomic mass is 10.1. The van der Waals surface area contributed by atoms with Gasteiger partial charge < -0.3 is 19.7 Å². The third kappa shape index (κ3) is 7.75. The fourth-order valence-electron chi connectivity index (χ4n) is 4.02. The zero-order chi connectivity index (χ0) is 29.5. The maximum atomic E-state index is 14.0. The largest absolute Gasteiger partial charge is 0.497 e. The van der Waals surface area contributed by atoms with E-state index in [9.17, 15) is 18.0 Å². The number of methoxy groups -OCH3 is 2. The highest BCUT2D eigenvalue weighted by Gasteiger charge is 2.33. The lowest BCUT2D eigenvalue weighted by molar-refractivity contribution is -0.140. The standard InChI is InChI=1S/C30H37N3O6S/c1-22(29(35)31-30(2,3)4)32(20-23-11-10-14-26(19-23)39-6)28(34)21-33(24-12-8-7-9-13-24)40(36,37)27-17-15-25(38-5)16-18-27/h7-19,22H,20-21H2,1-6H3,(H,31,35)/t22-/m1/s1. The molecule has 0 radical (unpaired) electrons. The third-order valence-electron chi connectivity index (χ3n) is 6.12. The van der Waals surface area contributed by atoms with Crippen LogP contribution < -0.4 is 19.1 Å². The first-order chi connectivity index (χ1) is 18.9. The highest BCUT2D eigenvalue weighted by atomic mass is 32.2. The van der Waals surface area contributed by atoms with Crippen molar-refractivity contribution in [3.8, 4) is 11.5 Å². The number of carbonyl (C=O) groups excluding carboxylic acids is 2. The van der Waals surface area contributed by atoms with Gasteiger partial charge in [0, 0.05) is 12.1 Å². The molecule has 3 aromatic rings. The maximum Gasteiger partial charge on any atom is 0.264 e. The number of rotatable bonds is 11. The molecule has 10 heteroatoms. The van der Waals surface area contributed by atoms with E-state index in [4.69, 9.17) is 9.47 Å². The summed E-state index contributed by atoms with van der Waals surface area (Å²) in [5.41, 5.74) is 0.524. The molecule has 1 N–H and O–H groups in total. The van der Waals surface area contributed by atoms with Gasteiger partial charge in [-0.15, -0.1) is 0 Å². The molecule has 0 aliphatic rings. The van der Waals surface area contributed by atoms with Crippen LogP contribution in [0.5, 0.6) is 11.5 Å². The second-order valence-electron chi connectivity index (χ2n) is 10.3. The number of nitrogens with zero attached hydrogens (tertiary/aromatic N) is 2. The number of anilines is 1. The summed E-state index contributed by atoms with van der Waals surface area (Å²) in [5, 5.41) is 2.91. The van der Waals surface area contributed by atoms with Crippen LogP contribution in [0, 0.1) is 0 Å². The van der Waals surface area contributed by atoms with Gasteiger partial charge >= 0.3 is 0 Å². The molecule has 0 fully saturated rings. The predicted molar refractivity (Wildman–Crippen MR) is 155 cm³/mol. The second-order valence-corrected chi connectivity index (χ2v) is 12.2. The average Bonchev–Trinajstić information content (AvgIpc) is 2.93. The minimum atomic E-state index is -4.16. The summed E-state index contributed by atoms with van der Waals surface area (Å²) in [6, 6.07) is 20.6.